The summed E-state index contributed by atoms with van der Waals surface area (Å²) in [5, 5.41) is 1.01. The minimum absolute atomic E-state index is 0.140. The molecule has 2 atom stereocenters. The Labute approximate surface area is 354 Å². The molecule has 59 heavy (non-hydrogen) atoms. The lowest BCUT2D eigenvalue weighted by Crippen LogP contribution is -2.29. The van der Waals surface area contributed by atoms with Gasteiger partial charge in [-0.15, -0.1) is 0 Å². The van der Waals surface area contributed by atoms with E-state index in [4.69, 9.17) is 47.6 Å². The molecule has 8 rings (SSSR count). The number of aromatic nitrogens is 4. The molecule has 2 aromatic carbocycles. The summed E-state index contributed by atoms with van der Waals surface area (Å²) in [6.45, 7) is 10.9. The first-order valence-corrected chi connectivity index (χ1v) is 20.4. The third-order valence-corrected chi connectivity index (χ3v) is 11.4. The largest absolute Gasteiger partial charge is 0.447 e. The number of hydrogen-bond donors (Lipinski definition) is 0. The maximum Gasteiger partial charge on any atom is 0.414 e. The summed E-state index contributed by atoms with van der Waals surface area (Å²) < 4.78 is 10.5. The van der Waals surface area contributed by atoms with Gasteiger partial charge in [-0.2, -0.15) is 0 Å². The lowest BCUT2D eigenvalue weighted by atomic mass is 9.89. The molecule has 1 saturated heterocycles. The first kappa shape index (κ1) is 40.0. The summed E-state index contributed by atoms with van der Waals surface area (Å²) in [7, 11) is 1.67. The van der Waals surface area contributed by atoms with Crippen LogP contribution in [-0.2, 0) is 14.9 Å². The topological polar surface area (TPSA) is 111 Å². The number of halogens is 2. The fourth-order valence-corrected chi connectivity index (χ4v) is 7.99. The molecule has 6 aromatic rings. The zero-order valence-electron chi connectivity index (χ0n) is 33.7. The van der Waals surface area contributed by atoms with Crippen LogP contribution in [-0.4, -0.2) is 58.4 Å². The van der Waals surface area contributed by atoms with Crippen molar-refractivity contribution >= 4 is 46.8 Å². The summed E-state index contributed by atoms with van der Waals surface area (Å²) in [6.07, 6.45) is 9.07. The number of carbonyl (C=O) groups is 2. The molecule has 1 aliphatic carbocycles. The molecule has 300 valence electrons. The van der Waals surface area contributed by atoms with E-state index in [9.17, 15) is 9.59 Å². The number of nitrogens with zero attached hydrogens (tertiary/aromatic N) is 6. The van der Waals surface area contributed by atoms with E-state index in [2.05, 4.69) is 50.0 Å². The predicted molar refractivity (Wildman–Crippen MR) is 233 cm³/mol. The molecular formula is C47H44Cl2N6O4. The smallest absolute Gasteiger partial charge is 0.414 e. The maximum atomic E-state index is 12.6. The molecule has 1 aliphatic heterocycles. The molecular weight excluding hydrogens is 783 g/mol. The number of amides is 2. The van der Waals surface area contributed by atoms with Gasteiger partial charge in [0.05, 0.1) is 28.4 Å². The number of benzene rings is 2. The highest BCUT2D eigenvalue weighted by Crippen LogP contribution is 2.56. The third kappa shape index (κ3) is 8.38. The highest BCUT2D eigenvalue weighted by atomic mass is 35.5. The van der Waals surface area contributed by atoms with E-state index in [0.29, 0.717) is 34.6 Å². The monoisotopic (exact) mass is 826 g/mol. The average molecular weight is 828 g/mol. The van der Waals surface area contributed by atoms with Crippen LogP contribution in [0.3, 0.4) is 0 Å². The molecule has 12 heteroatoms. The van der Waals surface area contributed by atoms with E-state index in [1.807, 2.05) is 75.0 Å². The van der Waals surface area contributed by atoms with Crippen LogP contribution in [0.5, 0.6) is 0 Å². The fourth-order valence-electron chi connectivity index (χ4n) is 7.42. The molecule has 5 heterocycles. The van der Waals surface area contributed by atoms with Crippen molar-refractivity contribution in [3.8, 4) is 44.5 Å². The average Bonchev–Trinajstić information content (AvgIpc) is 3.91. The summed E-state index contributed by atoms with van der Waals surface area (Å²) in [6, 6.07) is 23.7. The fraction of sp³-hybridized carbons (Fsp3) is 0.277. The second-order valence-electron chi connectivity index (χ2n) is 16.3. The first-order chi connectivity index (χ1) is 28.2. The molecule has 0 bridgehead atoms. The van der Waals surface area contributed by atoms with Gasteiger partial charge in [-0.05, 0) is 92.1 Å². The summed E-state index contributed by atoms with van der Waals surface area (Å²) in [5.74, 6) is 0.302. The highest BCUT2D eigenvalue weighted by Gasteiger charge is 2.43. The summed E-state index contributed by atoms with van der Waals surface area (Å²) >= 11 is 13.7. The number of anilines is 2. The number of carbonyl (C=O) groups excluding carboxylic acids is 2. The number of pyridine rings is 4. The molecule has 2 fully saturated rings. The van der Waals surface area contributed by atoms with Gasteiger partial charge in [-0.3, -0.25) is 29.7 Å². The third-order valence-electron chi connectivity index (χ3n) is 10.7. The Hall–Kier alpha value is -5.84. The van der Waals surface area contributed by atoms with Gasteiger partial charge in [0.1, 0.15) is 6.61 Å². The van der Waals surface area contributed by atoms with Gasteiger partial charge in [0.25, 0.3) is 0 Å². The van der Waals surface area contributed by atoms with Gasteiger partial charge in [-0.25, -0.2) is 9.59 Å². The van der Waals surface area contributed by atoms with Crippen molar-refractivity contribution < 1.29 is 19.1 Å². The Balaban J connectivity index is 1.09. The zero-order chi connectivity index (χ0) is 41.6. The van der Waals surface area contributed by atoms with E-state index in [-0.39, 0.29) is 29.4 Å². The molecule has 2 unspecified atom stereocenters. The molecule has 0 spiro atoms. The molecule has 0 N–H and O–H groups in total. The Bertz CT molecular complexity index is 2590. The maximum absolute atomic E-state index is 12.6. The normalized spacial score (nSPS) is 16.3. The van der Waals surface area contributed by atoms with Crippen LogP contribution in [0.1, 0.15) is 70.0 Å². The van der Waals surface area contributed by atoms with Gasteiger partial charge in [0, 0.05) is 111 Å². The van der Waals surface area contributed by atoms with Gasteiger partial charge in [0.2, 0.25) is 0 Å². The zero-order valence-corrected chi connectivity index (χ0v) is 35.3. The van der Waals surface area contributed by atoms with Crippen LogP contribution in [0.2, 0.25) is 10.0 Å². The van der Waals surface area contributed by atoms with Crippen LogP contribution in [0.25, 0.3) is 44.5 Å². The minimum atomic E-state index is -0.450. The van der Waals surface area contributed by atoms with Crippen molar-refractivity contribution in [2.24, 2.45) is 0 Å². The Morgan fingerprint density at radius 2 is 1.51 bits per heavy atom. The van der Waals surface area contributed by atoms with Crippen molar-refractivity contribution in [3.63, 3.8) is 0 Å². The molecule has 2 amide bonds. The molecule has 0 radical (unpaired) electrons. The van der Waals surface area contributed by atoms with Crippen molar-refractivity contribution in [3.05, 3.63) is 131 Å². The Kier molecular flexibility index (Phi) is 10.9. The first-order valence-electron chi connectivity index (χ1n) is 19.6. The van der Waals surface area contributed by atoms with Crippen molar-refractivity contribution in [2.45, 2.75) is 64.4 Å². The lowest BCUT2D eigenvalue weighted by Gasteiger charge is -2.20. The predicted octanol–water partition coefficient (Wildman–Crippen LogP) is 11.7. The van der Waals surface area contributed by atoms with Crippen LogP contribution in [0, 0.1) is 0 Å². The molecule has 10 nitrogen and oxygen atoms in total. The van der Waals surface area contributed by atoms with Crippen LogP contribution in [0.4, 0.5) is 21.0 Å². The van der Waals surface area contributed by atoms with Crippen LogP contribution in [0.15, 0.2) is 104 Å². The molecule has 1 saturated carbocycles. The number of rotatable bonds is 9. The quantitative estimate of drug-likeness (QED) is 0.142. The second kappa shape index (κ2) is 16.1. The van der Waals surface area contributed by atoms with Crippen LogP contribution >= 0.6 is 23.2 Å². The van der Waals surface area contributed by atoms with E-state index in [1.54, 1.807) is 30.3 Å². The van der Waals surface area contributed by atoms with Gasteiger partial charge in [-0.1, -0.05) is 56.1 Å². The van der Waals surface area contributed by atoms with Crippen molar-refractivity contribution in [1.82, 2.24) is 19.9 Å². The molecule has 4 aromatic heterocycles. The SMILES string of the molecule is CC(C)OC(=O)N(C)c1ccc(-c2cnc(C3CC3c3cc(-c4cncc(-c5ccc(N6CCOC6=O)cc5Cl)c4)ccn3)c(-c3ccnc(C(C)(C)C)c3)c2)c(Cl)c1. The Morgan fingerprint density at radius 1 is 0.797 bits per heavy atom. The Morgan fingerprint density at radius 3 is 2.22 bits per heavy atom. The lowest BCUT2D eigenvalue weighted by molar-refractivity contribution is 0.124. The second-order valence-corrected chi connectivity index (χ2v) is 17.1. The van der Waals surface area contributed by atoms with E-state index < -0.39 is 6.09 Å². The standard InChI is InChI=1S/C47H44Cl2N6O4/c1-27(2)59-45(56)54(6)33-7-9-36(40(48)21-33)32-18-37(29-12-14-52-43(20-29)47(3,4)5)44(53-26-32)39-23-38(39)42-19-28(11-13-51-42)30-17-31(25-50-24-30)35-10-8-34(22-41(35)49)55-15-16-58-46(55)57/h7-14,17-22,24-27,38-39H,15-16,23H2,1-6H3. The number of hydrogen-bond acceptors (Lipinski definition) is 8. The number of ether oxygens (including phenoxy) is 2. The van der Waals surface area contributed by atoms with Crippen molar-refractivity contribution in [1.29, 1.82) is 0 Å². The van der Waals surface area contributed by atoms with Crippen LogP contribution < -0.4 is 9.80 Å². The van der Waals surface area contributed by atoms with Gasteiger partial charge in [0.15, 0.2) is 0 Å². The highest BCUT2D eigenvalue weighted by molar-refractivity contribution is 6.34. The van der Waals surface area contributed by atoms with E-state index >= 15 is 0 Å². The van der Waals surface area contributed by atoms with Gasteiger partial charge >= 0.3 is 12.2 Å². The summed E-state index contributed by atoms with van der Waals surface area (Å²) in [5.41, 5.74) is 11.4. The van der Waals surface area contributed by atoms with Gasteiger partial charge < -0.3 is 9.47 Å². The summed E-state index contributed by atoms with van der Waals surface area (Å²) in [4.78, 5) is 47.0. The van der Waals surface area contributed by atoms with E-state index in [1.165, 1.54) is 4.90 Å². The van der Waals surface area contributed by atoms with Crippen molar-refractivity contribution in [2.75, 3.05) is 30.0 Å². The molecule has 2 aliphatic rings. The number of cyclic esters (lactones) is 1. The minimum Gasteiger partial charge on any atom is -0.447 e. The van der Waals surface area contributed by atoms with E-state index in [0.717, 1.165) is 68.0 Å².